The van der Waals surface area contributed by atoms with Crippen molar-refractivity contribution >= 4 is 23.4 Å². The van der Waals surface area contributed by atoms with Crippen molar-refractivity contribution < 1.29 is 9.18 Å². The molecule has 0 aliphatic heterocycles. The maximum atomic E-state index is 13.8. The second-order valence-electron chi connectivity index (χ2n) is 5.53. The summed E-state index contributed by atoms with van der Waals surface area (Å²) in [6.45, 7) is 0. The first-order valence-electron chi connectivity index (χ1n) is 7.94. The summed E-state index contributed by atoms with van der Waals surface area (Å²) in [5, 5.41) is 11.5. The van der Waals surface area contributed by atoms with E-state index in [9.17, 15) is 9.18 Å². The third-order valence-electron chi connectivity index (χ3n) is 3.73. The first-order valence-corrected chi connectivity index (χ1v) is 8.92. The molecule has 0 radical (unpaired) electrons. The highest BCUT2D eigenvalue weighted by atomic mass is 32.2. The van der Waals surface area contributed by atoms with E-state index in [4.69, 9.17) is 5.26 Å². The number of benzene rings is 3. The van der Waals surface area contributed by atoms with E-state index in [1.54, 1.807) is 36.4 Å². The highest BCUT2D eigenvalue weighted by Gasteiger charge is 2.13. The van der Waals surface area contributed by atoms with Crippen LogP contribution in [0.15, 0.2) is 77.7 Å². The topological polar surface area (TPSA) is 52.9 Å². The van der Waals surface area contributed by atoms with Gasteiger partial charge < -0.3 is 5.32 Å². The summed E-state index contributed by atoms with van der Waals surface area (Å²) >= 11 is 1.52. The lowest BCUT2D eigenvalue weighted by atomic mass is 10.2. The van der Waals surface area contributed by atoms with E-state index in [1.807, 2.05) is 24.3 Å². The third-order valence-corrected chi connectivity index (χ3v) is 4.88. The van der Waals surface area contributed by atoms with E-state index < -0.39 is 5.82 Å². The number of nitrogens with zero attached hydrogens (tertiary/aromatic N) is 1. The lowest BCUT2D eigenvalue weighted by molar-refractivity contribution is 0.102. The Bertz CT molecular complexity index is 964. The number of carbonyl (C=O) groups excluding carboxylic acids is 1. The van der Waals surface area contributed by atoms with Crippen LogP contribution in [0.3, 0.4) is 0 Å². The minimum atomic E-state index is -0.469. The van der Waals surface area contributed by atoms with Gasteiger partial charge in [-0.25, -0.2) is 4.39 Å². The normalized spacial score (nSPS) is 10.2. The van der Waals surface area contributed by atoms with Gasteiger partial charge in [-0.2, -0.15) is 5.26 Å². The molecule has 0 saturated heterocycles. The Morgan fingerprint density at radius 2 is 1.69 bits per heavy atom. The van der Waals surface area contributed by atoms with Crippen molar-refractivity contribution in [3.8, 4) is 6.07 Å². The number of thioether (sulfide) groups is 1. The van der Waals surface area contributed by atoms with Crippen LogP contribution >= 0.6 is 11.8 Å². The van der Waals surface area contributed by atoms with E-state index in [2.05, 4.69) is 11.4 Å². The average Bonchev–Trinajstić information content (AvgIpc) is 2.68. The van der Waals surface area contributed by atoms with Gasteiger partial charge in [0.1, 0.15) is 5.82 Å². The van der Waals surface area contributed by atoms with E-state index in [0.717, 1.165) is 10.5 Å². The number of amides is 1. The van der Waals surface area contributed by atoms with Crippen LogP contribution in [0.25, 0.3) is 0 Å². The van der Waals surface area contributed by atoms with Crippen molar-refractivity contribution in [1.82, 2.24) is 0 Å². The fraction of sp³-hybridized carbons (Fsp3) is 0.0476. The zero-order chi connectivity index (χ0) is 18.4. The molecular formula is C21H15FN2OS. The van der Waals surface area contributed by atoms with Crippen LogP contribution < -0.4 is 5.32 Å². The monoisotopic (exact) mass is 362 g/mol. The number of para-hydroxylation sites is 1. The standard InChI is InChI=1S/C21H15FN2OS/c22-18-6-2-3-7-19(18)24-21(25)17-5-1-4-8-20(17)26-14-16-11-9-15(13-23)10-12-16/h1-12H,14H2,(H,24,25). The predicted molar refractivity (Wildman–Crippen MR) is 102 cm³/mol. The van der Waals surface area contributed by atoms with Crippen molar-refractivity contribution in [2.24, 2.45) is 0 Å². The summed E-state index contributed by atoms with van der Waals surface area (Å²) in [5.74, 6) is -0.156. The molecular weight excluding hydrogens is 347 g/mol. The van der Waals surface area contributed by atoms with Crippen molar-refractivity contribution in [3.05, 3.63) is 95.3 Å². The lowest BCUT2D eigenvalue weighted by Gasteiger charge is -2.10. The highest BCUT2D eigenvalue weighted by Crippen LogP contribution is 2.27. The number of halogens is 1. The molecule has 3 aromatic rings. The van der Waals surface area contributed by atoms with Gasteiger partial charge in [0.2, 0.25) is 0 Å². The number of hydrogen-bond donors (Lipinski definition) is 1. The fourth-order valence-electron chi connectivity index (χ4n) is 2.37. The van der Waals surface area contributed by atoms with E-state index in [0.29, 0.717) is 16.9 Å². The molecule has 0 unspecified atom stereocenters. The summed E-state index contributed by atoms with van der Waals surface area (Å²) in [6, 6.07) is 22.7. The Kier molecular flexibility index (Phi) is 5.67. The summed E-state index contributed by atoms with van der Waals surface area (Å²) in [6.07, 6.45) is 0. The Hall–Kier alpha value is -3.10. The van der Waals surface area contributed by atoms with Gasteiger partial charge in [-0.05, 0) is 42.0 Å². The molecule has 0 saturated carbocycles. The van der Waals surface area contributed by atoms with Crippen molar-refractivity contribution in [3.63, 3.8) is 0 Å². The molecule has 3 rings (SSSR count). The molecule has 0 aliphatic carbocycles. The summed E-state index contributed by atoms with van der Waals surface area (Å²) in [5.41, 5.74) is 2.32. The second kappa shape index (κ2) is 8.32. The maximum absolute atomic E-state index is 13.8. The van der Waals surface area contributed by atoms with Gasteiger partial charge >= 0.3 is 0 Å². The lowest BCUT2D eigenvalue weighted by Crippen LogP contribution is -2.14. The molecule has 3 aromatic carbocycles. The summed E-state index contributed by atoms with van der Waals surface area (Å²) < 4.78 is 13.8. The highest BCUT2D eigenvalue weighted by molar-refractivity contribution is 7.98. The van der Waals surface area contributed by atoms with Crippen LogP contribution in [0.4, 0.5) is 10.1 Å². The van der Waals surface area contributed by atoms with Gasteiger partial charge in [-0.3, -0.25) is 4.79 Å². The van der Waals surface area contributed by atoms with Gasteiger partial charge in [0.05, 0.1) is 22.9 Å². The largest absolute Gasteiger partial charge is 0.319 e. The van der Waals surface area contributed by atoms with Crippen LogP contribution in [-0.2, 0) is 5.75 Å². The van der Waals surface area contributed by atoms with Gasteiger partial charge in [0.25, 0.3) is 5.91 Å². The van der Waals surface area contributed by atoms with Gasteiger partial charge in [0, 0.05) is 10.6 Å². The molecule has 0 spiro atoms. The predicted octanol–water partition coefficient (Wildman–Crippen LogP) is 5.24. The Morgan fingerprint density at radius 3 is 2.42 bits per heavy atom. The molecule has 1 amide bonds. The maximum Gasteiger partial charge on any atom is 0.256 e. The van der Waals surface area contributed by atoms with Crippen LogP contribution in [0, 0.1) is 17.1 Å². The zero-order valence-corrected chi connectivity index (χ0v) is 14.6. The molecule has 0 heterocycles. The molecule has 0 atom stereocenters. The first kappa shape index (κ1) is 17.7. The number of carbonyl (C=O) groups is 1. The summed E-state index contributed by atoms with van der Waals surface area (Å²) in [4.78, 5) is 13.4. The Labute approximate surface area is 155 Å². The number of nitrogens with one attached hydrogen (secondary N) is 1. The Balaban J connectivity index is 1.74. The van der Waals surface area contributed by atoms with Crippen molar-refractivity contribution in [2.75, 3.05) is 5.32 Å². The first-order chi connectivity index (χ1) is 12.7. The van der Waals surface area contributed by atoms with Crippen molar-refractivity contribution in [2.45, 2.75) is 10.6 Å². The molecule has 128 valence electrons. The SMILES string of the molecule is N#Cc1ccc(CSc2ccccc2C(=O)Nc2ccccc2F)cc1. The molecule has 3 nitrogen and oxygen atoms in total. The van der Waals surface area contributed by atoms with E-state index in [-0.39, 0.29) is 11.6 Å². The van der Waals surface area contributed by atoms with Crippen LogP contribution in [0.2, 0.25) is 0 Å². The molecule has 5 heteroatoms. The van der Waals surface area contributed by atoms with Gasteiger partial charge in [-0.15, -0.1) is 11.8 Å². The Morgan fingerprint density at radius 1 is 1.00 bits per heavy atom. The smallest absolute Gasteiger partial charge is 0.256 e. The van der Waals surface area contributed by atoms with Gasteiger partial charge in [0.15, 0.2) is 0 Å². The second-order valence-corrected chi connectivity index (χ2v) is 6.54. The van der Waals surface area contributed by atoms with Gasteiger partial charge in [-0.1, -0.05) is 36.4 Å². The van der Waals surface area contributed by atoms with Crippen LogP contribution in [-0.4, -0.2) is 5.91 Å². The number of rotatable bonds is 5. The quantitative estimate of drug-likeness (QED) is 0.631. The van der Waals surface area contributed by atoms with Crippen LogP contribution in [0.1, 0.15) is 21.5 Å². The van der Waals surface area contributed by atoms with E-state index >= 15 is 0 Å². The minimum absolute atomic E-state index is 0.157. The molecule has 0 bridgehead atoms. The fourth-order valence-corrected chi connectivity index (χ4v) is 3.37. The third kappa shape index (κ3) is 4.29. The van der Waals surface area contributed by atoms with E-state index in [1.165, 1.54) is 23.9 Å². The molecule has 26 heavy (non-hydrogen) atoms. The molecule has 0 aromatic heterocycles. The summed E-state index contributed by atoms with van der Waals surface area (Å²) in [7, 11) is 0. The number of nitriles is 1. The molecule has 0 fully saturated rings. The van der Waals surface area contributed by atoms with Crippen molar-refractivity contribution in [1.29, 1.82) is 5.26 Å². The molecule has 1 N–H and O–H groups in total. The number of anilines is 1. The average molecular weight is 362 g/mol. The number of hydrogen-bond acceptors (Lipinski definition) is 3. The molecule has 0 aliphatic rings. The van der Waals surface area contributed by atoms with Crippen LogP contribution in [0.5, 0.6) is 0 Å². The zero-order valence-electron chi connectivity index (χ0n) is 13.8. The minimum Gasteiger partial charge on any atom is -0.319 e.